The summed E-state index contributed by atoms with van der Waals surface area (Å²) in [5.74, 6) is 3.75. The number of anilines is 1. The fraction of sp³-hybridized carbons (Fsp3) is 0.680. The van der Waals surface area contributed by atoms with E-state index in [4.69, 9.17) is 17.3 Å². The lowest BCUT2D eigenvalue weighted by Crippen LogP contribution is -2.49. The van der Waals surface area contributed by atoms with E-state index in [1.807, 2.05) is 9.58 Å². The van der Waals surface area contributed by atoms with Gasteiger partial charge >= 0.3 is 6.18 Å². The Morgan fingerprint density at radius 2 is 1.62 bits per heavy atom. The lowest BCUT2D eigenvalue weighted by molar-refractivity contribution is -0.137. The zero-order chi connectivity index (χ0) is 23.7. The monoisotopic (exact) mass is 491 g/mol. The zero-order valence-electron chi connectivity index (χ0n) is 19.6. The van der Waals surface area contributed by atoms with Crippen LogP contribution in [0.4, 0.5) is 18.9 Å². The summed E-state index contributed by atoms with van der Waals surface area (Å²) in [6.45, 7) is 3.53. The van der Waals surface area contributed by atoms with Crippen LogP contribution in [0, 0.1) is 22.5 Å². The predicted octanol–water partition coefficient (Wildman–Crippen LogP) is 5.22. The Bertz CT molecular complexity index is 1090. The van der Waals surface area contributed by atoms with E-state index >= 15 is 0 Å². The molecule has 0 spiro atoms. The van der Waals surface area contributed by atoms with Gasteiger partial charge in [-0.15, -0.1) is 0 Å². The second-order valence-electron chi connectivity index (χ2n) is 11.2. The highest BCUT2D eigenvalue weighted by molar-refractivity contribution is 7.71. The van der Waals surface area contributed by atoms with Crippen LogP contribution in [0.2, 0.25) is 0 Å². The average molecular weight is 492 g/mol. The summed E-state index contributed by atoms with van der Waals surface area (Å²) in [5.41, 5.74) is 0.238. The Hall–Kier alpha value is -1.87. The largest absolute Gasteiger partial charge is 0.416 e. The maximum Gasteiger partial charge on any atom is 0.416 e. The van der Waals surface area contributed by atoms with Crippen molar-refractivity contribution < 1.29 is 13.2 Å². The molecule has 7 rings (SSSR count). The number of aromatic nitrogens is 3. The van der Waals surface area contributed by atoms with Crippen molar-refractivity contribution >= 4 is 17.9 Å². The molecular formula is C25H32F3N5S. The Morgan fingerprint density at radius 1 is 1.00 bits per heavy atom. The molecule has 1 aliphatic heterocycles. The van der Waals surface area contributed by atoms with E-state index < -0.39 is 11.7 Å². The molecule has 0 N–H and O–H groups in total. The summed E-state index contributed by atoms with van der Waals surface area (Å²) in [6, 6.07) is 5.63. The predicted molar refractivity (Wildman–Crippen MR) is 127 cm³/mol. The van der Waals surface area contributed by atoms with Crippen LogP contribution >= 0.6 is 12.2 Å². The molecule has 1 saturated heterocycles. The zero-order valence-corrected chi connectivity index (χ0v) is 20.4. The van der Waals surface area contributed by atoms with Gasteiger partial charge in [0.25, 0.3) is 0 Å². The number of benzene rings is 1. The van der Waals surface area contributed by atoms with Crippen molar-refractivity contribution in [3.63, 3.8) is 0 Å². The molecule has 34 heavy (non-hydrogen) atoms. The second-order valence-corrected chi connectivity index (χ2v) is 11.5. The average Bonchev–Trinajstić information content (AvgIpc) is 3.07. The van der Waals surface area contributed by atoms with E-state index in [1.165, 1.54) is 56.5 Å². The summed E-state index contributed by atoms with van der Waals surface area (Å²) in [5, 5.41) is 5.10. The molecular weight excluding hydrogens is 459 g/mol. The van der Waals surface area contributed by atoms with E-state index in [0.717, 1.165) is 41.7 Å². The third kappa shape index (κ3) is 3.88. The summed E-state index contributed by atoms with van der Waals surface area (Å²) < 4.78 is 44.2. The van der Waals surface area contributed by atoms with Crippen molar-refractivity contribution in [2.45, 2.75) is 56.8 Å². The van der Waals surface area contributed by atoms with Crippen LogP contribution < -0.4 is 4.90 Å². The molecule has 2 aromatic rings. The van der Waals surface area contributed by atoms with Gasteiger partial charge in [-0.3, -0.25) is 4.90 Å². The fourth-order valence-electron chi connectivity index (χ4n) is 7.64. The lowest BCUT2D eigenvalue weighted by atomic mass is 9.49. The Morgan fingerprint density at radius 3 is 2.21 bits per heavy atom. The molecule has 1 aromatic heterocycles. The minimum Gasteiger partial charge on any atom is -0.369 e. The van der Waals surface area contributed by atoms with Gasteiger partial charge in [0, 0.05) is 44.3 Å². The standard InChI is InChI=1S/C25H32F3N5S/c1-30-22(24-13-17-9-18(14-24)11-19(10-17)15-24)29-33(23(30)34)16-31-5-7-32(8-6-31)21-4-2-3-20(12-21)25(26,27)28/h2-4,12,17-19H,5-11,13-16H2,1H3. The van der Waals surface area contributed by atoms with Crippen molar-refractivity contribution in [1.29, 1.82) is 0 Å². The van der Waals surface area contributed by atoms with E-state index in [1.54, 1.807) is 6.07 Å². The van der Waals surface area contributed by atoms with Crippen LogP contribution in [0.5, 0.6) is 0 Å². The highest BCUT2D eigenvalue weighted by Gasteiger charge is 2.53. The Kier molecular flexibility index (Phi) is 5.37. The molecule has 5 nitrogen and oxygen atoms in total. The Balaban J connectivity index is 1.15. The molecule has 184 valence electrons. The van der Waals surface area contributed by atoms with Gasteiger partial charge in [0.1, 0.15) is 5.82 Å². The number of rotatable bonds is 4. The Labute approximate surface area is 203 Å². The van der Waals surface area contributed by atoms with E-state index in [9.17, 15) is 13.2 Å². The van der Waals surface area contributed by atoms with Crippen LogP contribution in [0.1, 0.15) is 49.9 Å². The molecule has 0 atom stereocenters. The van der Waals surface area contributed by atoms with Gasteiger partial charge in [0.2, 0.25) is 0 Å². The second kappa shape index (κ2) is 8.08. The van der Waals surface area contributed by atoms with Gasteiger partial charge < -0.3 is 9.47 Å². The van der Waals surface area contributed by atoms with Crippen LogP contribution in [0.15, 0.2) is 24.3 Å². The number of hydrogen-bond acceptors (Lipinski definition) is 4. The maximum atomic E-state index is 13.1. The molecule has 0 radical (unpaired) electrons. The number of halogens is 3. The van der Waals surface area contributed by atoms with Crippen LogP contribution in [0.25, 0.3) is 0 Å². The van der Waals surface area contributed by atoms with E-state index in [0.29, 0.717) is 25.4 Å². The van der Waals surface area contributed by atoms with Crippen molar-refractivity contribution in [3.8, 4) is 0 Å². The van der Waals surface area contributed by atoms with Crippen molar-refractivity contribution in [2.24, 2.45) is 24.8 Å². The van der Waals surface area contributed by atoms with E-state index in [2.05, 4.69) is 16.5 Å². The van der Waals surface area contributed by atoms with Gasteiger partial charge in [-0.2, -0.15) is 18.3 Å². The summed E-state index contributed by atoms with van der Waals surface area (Å²) in [7, 11) is 2.07. The molecule has 5 fully saturated rings. The molecule has 4 bridgehead atoms. The third-order valence-electron chi connectivity index (χ3n) is 8.80. The quantitative estimate of drug-likeness (QED) is 0.549. The lowest BCUT2D eigenvalue weighted by Gasteiger charge is -2.56. The molecule has 1 aromatic carbocycles. The normalized spacial score (nSPS) is 31.4. The maximum absolute atomic E-state index is 13.1. The topological polar surface area (TPSA) is 29.2 Å². The first kappa shape index (κ1) is 22.6. The van der Waals surface area contributed by atoms with E-state index in [-0.39, 0.29) is 5.41 Å². The number of nitrogens with zero attached hydrogens (tertiary/aromatic N) is 5. The molecule has 4 saturated carbocycles. The van der Waals surface area contributed by atoms with Crippen molar-refractivity contribution in [1.82, 2.24) is 19.2 Å². The minimum atomic E-state index is -4.32. The van der Waals surface area contributed by atoms with Crippen LogP contribution in [-0.4, -0.2) is 45.4 Å². The van der Waals surface area contributed by atoms with Gasteiger partial charge in [-0.1, -0.05) is 6.07 Å². The SMILES string of the molecule is Cn1c(C23CC4CC(CC(C4)C2)C3)nn(CN2CCN(c3cccc(C(F)(F)F)c3)CC2)c1=S. The molecule has 4 aliphatic carbocycles. The smallest absolute Gasteiger partial charge is 0.369 e. The fourth-order valence-corrected chi connectivity index (χ4v) is 7.83. The van der Waals surface area contributed by atoms with Gasteiger partial charge in [0.15, 0.2) is 4.77 Å². The molecule has 9 heteroatoms. The molecule has 5 aliphatic rings. The highest BCUT2D eigenvalue weighted by Crippen LogP contribution is 2.60. The summed E-state index contributed by atoms with van der Waals surface area (Å²) in [4.78, 5) is 4.33. The van der Waals surface area contributed by atoms with Crippen LogP contribution in [0.3, 0.4) is 0 Å². The molecule has 0 unspecified atom stereocenters. The molecule has 2 heterocycles. The minimum absolute atomic E-state index is 0.199. The van der Waals surface area contributed by atoms with Gasteiger partial charge in [-0.25, -0.2) is 4.68 Å². The van der Waals surface area contributed by atoms with Crippen LogP contribution in [-0.2, 0) is 25.3 Å². The third-order valence-corrected chi connectivity index (χ3v) is 9.28. The van der Waals surface area contributed by atoms with Gasteiger partial charge in [-0.05, 0) is 86.7 Å². The summed E-state index contributed by atoms with van der Waals surface area (Å²) >= 11 is 5.81. The van der Waals surface area contributed by atoms with Crippen molar-refractivity contribution in [3.05, 3.63) is 40.4 Å². The first-order chi connectivity index (χ1) is 16.2. The summed E-state index contributed by atoms with van der Waals surface area (Å²) in [6.07, 6.45) is 3.67. The molecule has 0 amide bonds. The first-order valence-electron chi connectivity index (χ1n) is 12.5. The first-order valence-corrected chi connectivity index (χ1v) is 12.9. The number of piperazine rings is 1. The van der Waals surface area contributed by atoms with Gasteiger partial charge in [0.05, 0.1) is 12.2 Å². The number of alkyl halides is 3. The van der Waals surface area contributed by atoms with Crippen molar-refractivity contribution in [2.75, 3.05) is 31.1 Å². The highest BCUT2D eigenvalue weighted by atomic mass is 32.1. The number of hydrogen-bond donors (Lipinski definition) is 0.